The van der Waals surface area contributed by atoms with Crippen molar-refractivity contribution in [3.05, 3.63) is 38.6 Å². The van der Waals surface area contributed by atoms with Gasteiger partial charge in [-0.25, -0.2) is 0 Å². The number of para-hydroxylation sites is 1. The molecule has 0 saturated heterocycles. The topological polar surface area (TPSA) is 64.9 Å². The van der Waals surface area contributed by atoms with Gasteiger partial charge in [0.15, 0.2) is 0 Å². The molecule has 0 bridgehead atoms. The number of nitrogens with zero attached hydrogens (tertiary/aromatic N) is 2. The molecule has 0 aliphatic heterocycles. The third-order valence-corrected chi connectivity index (χ3v) is 4.88. The van der Waals surface area contributed by atoms with Crippen molar-refractivity contribution in [1.82, 2.24) is 10.1 Å². The van der Waals surface area contributed by atoms with Crippen molar-refractivity contribution in [3.63, 3.8) is 0 Å². The molecule has 2 N–H and O–H groups in total. The number of thiophene rings is 1. The number of nitrogen functional groups attached to an aromatic ring is 1. The molecule has 4 nitrogen and oxygen atoms in total. The lowest BCUT2D eigenvalue weighted by molar-refractivity contribution is 0.432. The summed E-state index contributed by atoms with van der Waals surface area (Å²) in [6.45, 7) is 0. The average molecular weight is 401 g/mol. The first kappa shape index (κ1) is 12.8. The number of anilines is 1. The summed E-state index contributed by atoms with van der Waals surface area (Å²) in [7, 11) is 0. The Morgan fingerprint density at radius 2 is 2.11 bits per heavy atom. The molecular formula is C12H7Br2N3OS. The average Bonchev–Trinajstić information content (AvgIpc) is 3.01. The number of benzene rings is 1. The van der Waals surface area contributed by atoms with Crippen molar-refractivity contribution in [3.8, 4) is 22.2 Å². The number of rotatable bonds is 2. The zero-order chi connectivity index (χ0) is 13.4. The van der Waals surface area contributed by atoms with Crippen LogP contribution in [0.1, 0.15) is 0 Å². The van der Waals surface area contributed by atoms with E-state index in [1.807, 2.05) is 29.6 Å². The molecule has 0 atom stereocenters. The number of nitrogens with two attached hydrogens (primary N) is 1. The standard InChI is InChI=1S/C12H7Br2N3OS/c13-6-4-9(19-5-6)11-16-12(18-17-11)7-2-1-3-8(14)10(7)15/h1-5H,15H2. The van der Waals surface area contributed by atoms with Gasteiger partial charge in [-0.15, -0.1) is 11.3 Å². The Kier molecular flexibility index (Phi) is 3.42. The van der Waals surface area contributed by atoms with E-state index in [4.69, 9.17) is 10.3 Å². The second kappa shape index (κ2) is 5.07. The molecule has 19 heavy (non-hydrogen) atoms. The molecule has 2 heterocycles. The van der Waals surface area contributed by atoms with Crippen molar-refractivity contribution in [2.75, 3.05) is 5.73 Å². The molecule has 0 aliphatic carbocycles. The van der Waals surface area contributed by atoms with Crippen LogP contribution in [0.4, 0.5) is 5.69 Å². The van der Waals surface area contributed by atoms with Gasteiger partial charge >= 0.3 is 0 Å². The quantitative estimate of drug-likeness (QED) is 0.639. The van der Waals surface area contributed by atoms with Gasteiger partial charge in [0.25, 0.3) is 5.89 Å². The summed E-state index contributed by atoms with van der Waals surface area (Å²) < 4.78 is 7.09. The van der Waals surface area contributed by atoms with Gasteiger partial charge in [0.2, 0.25) is 5.82 Å². The first-order chi connectivity index (χ1) is 9.15. The van der Waals surface area contributed by atoms with Crippen molar-refractivity contribution in [2.24, 2.45) is 0 Å². The Morgan fingerprint density at radius 3 is 2.84 bits per heavy atom. The highest BCUT2D eigenvalue weighted by atomic mass is 79.9. The van der Waals surface area contributed by atoms with Crippen LogP contribution in [-0.4, -0.2) is 10.1 Å². The van der Waals surface area contributed by atoms with E-state index < -0.39 is 0 Å². The Hall–Kier alpha value is -1.18. The molecule has 0 fully saturated rings. The van der Waals surface area contributed by atoms with E-state index in [0.717, 1.165) is 19.4 Å². The highest BCUT2D eigenvalue weighted by molar-refractivity contribution is 9.10. The minimum atomic E-state index is 0.415. The summed E-state index contributed by atoms with van der Waals surface area (Å²) >= 11 is 8.33. The van der Waals surface area contributed by atoms with Gasteiger partial charge in [0.1, 0.15) is 0 Å². The molecule has 3 aromatic rings. The van der Waals surface area contributed by atoms with Crippen molar-refractivity contribution < 1.29 is 4.52 Å². The summed E-state index contributed by atoms with van der Waals surface area (Å²) in [5.74, 6) is 0.975. The number of hydrogen-bond acceptors (Lipinski definition) is 5. The summed E-state index contributed by atoms with van der Waals surface area (Å²) in [6, 6.07) is 7.54. The summed E-state index contributed by atoms with van der Waals surface area (Å²) in [4.78, 5) is 5.32. The van der Waals surface area contributed by atoms with E-state index in [1.54, 1.807) is 11.3 Å². The van der Waals surface area contributed by atoms with Gasteiger partial charge in [-0.05, 0) is 50.1 Å². The van der Waals surface area contributed by atoms with Gasteiger partial charge in [-0.3, -0.25) is 0 Å². The predicted octanol–water partition coefficient (Wildman–Crippen LogP) is 4.57. The van der Waals surface area contributed by atoms with E-state index in [9.17, 15) is 0 Å². The van der Waals surface area contributed by atoms with Gasteiger partial charge in [0, 0.05) is 14.3 Å². The van der Waals surface area contributed by atoms with Crippen LogP contribution in [0, 0.1) is 0 Å². The Balaban J connectivity index is 2.04. The van der Waals surface area contributed by atoms with E-state index >= 15 is 0 Å². The van der Waals surface area contributed by atoms with E-state index in [2.05, 4.69) is 42.0 Å². The minimum absolute atomic E-state index is 0.415. The molecule has 0 radical (unpaired) electrons. The van der Waals surface area contributed by atoms with Crippen molar-refractivity contribution in [1.29, 1.82) is 0 Å². The Bertz CT molecular complexity index is 738. The lowest BCUT2D eigenvalue weighted by Crippen LogP contribution is -1.91. The zero-order valence-corrected chi connectivity index (χ0v) is 13.4. The maximum Gasteiger partial charge on any atom is 0.260 e. The molecule has 3 rings (SSSR count). The van der Waals surface area contributed by atoms with Crippen LogP contribution in [0.2, 0.25) is 0 Å². The van der Waals surface area contributed by atoms with E-state index in [-0.39, 0.29) is 0 Å². The van der Waals surface area contributed by atoms with Crippen molar-refractivity contribution >= 4 is 48.9 Å². The van der Waals surface area contributed by atoms with Crippen LogP contribution in [0.15, 0.2) is 43.1 Å². The fraction of sp³-hybridized carbons (Fsp3) is 0. The smallest absolute Gasteiger partial charge is 0.260 e. The molecule has 0 aliphatic rings. The number of hydrogen-bond donors (Lipinski definition) is 1. The van der Waals surface area contributed by atoms with Crippen LogP contribution in [-0.2, 0) is 0 Å². The van der Waals surface area contributed by atoms with Crippen LogP contribution in [0.3, 0.4) is 0 Å². The zero-order valence-electron chi connectivity index (χ0n) is 9.43. The fourth-order valence-electron chi connectivity index (χ4n) is 1.59. The third-order valence-electron chi connectivity index (χ3n) is 2.50. The third kappa shape index (κ3) is 2.45. The molecule has 7 heteroatoms. The van der Waals surface area contributed by atoms with Crippen LogP contribution in [0.25, 0.3) is 22.2 Å². The molecule has 0 unspecified atom stereocenters. The maximum absolute atomic E-state index is 5.99. The Morgan fingerprint density at radius 1 is 1.26 bits per heavy atom. The predicted molar refractivity (Wildman–Crippen MR) is 82.9 cm³/mol. The molecule has 2 aromatic heterocycles. The fourth-order valence-corrected chi connectivity index (χ4v) is 3.30. The van der Waals surface area contributed by atoms with Crippen LogP contribution < -0.4 is 5.73 Å². The summed E-state index contributed by atoms with van der Waals surface area (Å²) in [5.41, 5.74) is 7.30. The first-order valence-electron chi connectivity index (χ1n) is 5.27. The first-order valence-corrected chi connectivity index (χ1v) is 7.74. The lowest BCUT2D eigenvalue weighted by atomic mass is 10.2. The number of aromatic nitrogens is 2. The van der Waals surface area contributed by atoms with E-state index in [1.165, 1.54) is 0 Å². The molecular weight excluding hydrogens is 394 g/mol. The molecule has 1 aromatic carbocycles. The number of halogens is 2. The largest absolute Gasteiger partial charge is 0.397 e. The lowest BCUT2D eigenvalue weighted by Gasteiger charge is -2.01. The SMILES string of the molecule is Nc1c(Br)cccc1-c1nc(-c2cc(Br)cs2)no1. The molecule has 0 saturated carbocycles. The van der Waals surface area contributed by atoms with Gasteiger partial charge < -0.3 is 10.3 Å². The highest BCUT2D eigenvalue weighted by Gasteiger charge is 2.15. The Labute approximate surface area is 129 Å². The van der Waals surface area contributed by atoms with Crippen LogP contribution in [0.5, 0.6) is 0 Å². The summed E-state index contributed by atoms with van der Waals surface area (Å²) in [6.07, 6.45) is 0. The minimum Gasteiger partial charge on any atom is -0.397 e. The second-order valence-corrected chi connectivity index (χ2v) is 6.43. The van der Waals surface area contributed by atoms with Gasteiger partial charge in [-0.1, -0.05) is 11.2 Å². The summed E-state index contributed by atoms with van der Waals surface area (Å²) in [5, 5.41) is 5.95. The van der Waals surface area contributed by atoms with Gasteiger partial charge in [-0.2, -0.15) is 4.98 Å². The monoisotopic (exact) mass is 399 g/mol. The molecule has 0 amide bonds. The second-order valence-electron chi connectivity index (χ2n) is 3.75. The van der Waals surface area contributed by atoms with E-state index in [0.29, 0.717) is 17.4 Å². The molecule has 96 valence electrons. The van der Waals surface area contributed by atoms with Crippen LogP contribution >= 0.6 is 43.2 Å². The van der Waals surface area contributed by atoms with Crippen molar-refractivity contribution in [2.45, 2.75) is 0 Å². The highest BCUT2D eigenvalue weighted by Crippen LogP contribution is 2.33. The molecule has 0 spiro atoms. The normalized spacial score (nSPS) is 10.8. The maximum atomic E-state index is 5.99. The van der Waals surface area contributed by atoms with Gasteiger partial charge in [0.05, 0.1) is 16.1 Å².